The van der Waals surface area contributed by atoms with Crippen LogP contribution in [0.2, 0.25) is 0 Å². The number of likely N-dealkylation sites (tertiary alicyclic amines) is 1. The Kier molecular flexibility index (Phi) is 18.9. The van der Waals surface area contributed by atoms with Crippen molar-refractivity contribution in [3.8, 4) is 0 Å². The molecule has 8 aliphatic rings. The van der Waals surface area contributed by atoms with Crippen molar-refractivity contribution in [2.24, 2.45) is 69.0 Å². The van der Waals surface area contributed by atoms with E-state index in [-0.39, 0.29) is 11.7 Å². The predicted molar refractivity (Wildman–Crippen MR) is 279 cm³/mol. The molecule has 12 nitrogen and oxygen atoms in total. The van der Waals surface area contributed by atoms with Crippen LogP contribution in [-0.2, 0) is 34.8 Å². The normalized spacial score (nSPS) is 28.6. The van der Waals surface area contributed by atoms with E-state index in [2.05, 4.69) is 55.4 Å². The van der Waals surface area contributed by atoms with Gasteiger partial charge in [-0.2, -0.15) is 0 Å². The summed E-state index contributed by atoms with van der Waals surface area (Å²) in [5.74, 6) is 6.68. The number of nitrogens with zero attached hydrogens (tertiary/aromatic N) is 4. The van der Waals surface area contributed by atoms with Gasteiger partial charge in [-0.05, 0) is 194 Å². The van der Waals surface area contributed by atoms with Crippen LogP contribution in [0.1, 0.15) is 185 Å². The maximum Gasteiger partial charge on any atom is 0.410 e. The highest BCUT2D eigenvalue weighted by atomic mass is 32.2. The van der Waals surface area contributed by atoms with E-state index in [4.69, 9.17) is 4.74 Å². The molecule has 4 aliphatic carbocycles. The molecule has 8 rings (SSSR count). The number of hydrogen-bond donors (Lipinski definition) is 0. The number of ether oxygens (including phenoxy) is 1. The van der Waals surface area contributed by atoms with Crippen molar-refractivity contribution >= 4 is 36.2 Å². The largest absolute Gasteiger partial charge is 0.444 e. The summed E-state index contributed by atoms with van der Waals surface area (Å²) < 4.78 is 78.9. The van der Waals surface area contributed by atoms with Gasteiger partial charge < -0.3 is 9.64 Å². The van der Waals surface area contributed by atoms with Gasteiger partial charge in [0.15, 0.2) is 0 Å². The highest BCUT2D eigenvalue weighted by Crippen LogP contribution is 2.56. The van der Waals surface area contributed by atoms with Gasteiger partial charge >= 0.3 is 6.09 Å². The molecule has 4 saturated heterocycles. The van der Waals surface area contributed by atoms with Crippen molar-refractivity contribution in [3.63, 3.8) is 0 Å². The number of piperidine rings is 3. The van der Waals surface area contributed by atoms with E-state index >= 15 is 0 Å². The fraction of sp³-hybridized carbons (Fsp3) is 0.981. The van der Waals surface area contributed by atoms with Crippen molar-refractivity contribution < 1.29 is 34.8 Å². The molecular formula is C53H100N4O8S3. The van der Waals surface area contributed by atoms with Crippen LogP contribution >= 0.6 is 0 Å². The van der Waals surface area contributed by atoms with Gasteiger partial charge in [0.05, 0.1) is 18.8 Å². The molecule has 8 fully saturated rings. The summed E-state index contributed by atoms with van der Waals surface area (Å²) in [5, 5.41) is 0. The zero-order valence-electron chi connectivity index (χ0n) is 45.6. The Bertz CT molecular complexity index is 1890. The third-order valence-corrected chi connectivity index (χ3v) is 22.8. The minimum absolute atomic E-state index is 0.135. The first kappa shape index (κ1) is 57.9. The van der Waals surface area contributed by atoms with Gasteiger partial charge in [0, 0.05) is 57.8 Å². The second kappa shape index (κ2) is 22.2. The van der Waals surface area contributed by atoms with Gasteiger partial charge in [0.25, 0.3) is 0 Å². The number of carbonyl (C=O) groups is 1. The number of carbonyl (C=O) groups excluding carboxylic acids is 1. The monoisotopic (exact) mass is 1020 g/mol. The zero-order valence-corrected chi connectivity index (χ0v) is 48.0. The van der Waals surface area contributed by atoms with Crippen LogP contribution in [0.25, 0.3) is 0 Å². The van der Waals surface area contributed by atoms with E-state index < -0.39 is 30.1 Å². The first-order valence-electron chi connectivity index (χ1n) is 27.0. The minimum atomic E-state index is -2.97. The number of amides is 1. The molecule has 68 heavy (non-hydrogen) atoms. The smallest absolute Gasteiger partial charge is 0.410 e. The summed E-state index contributed by atoms with van der Waals surface area (Å²) in [7, 11) is -8.88. The lowest BCUT2D eigenvalue weighted by molar-refractivity contribution is -0.0567. The molecule has 0 aromatic rings. The van der Waals surface area contributed by atoms with Gasteiger partial charge in [-0.3, -0.25) is 0 Å². The molecule has 0 N–H and O–H groups in total. The molecule has 398 valence electrons. The number of rotatable bonds is 7. The molecule has 0 aromatic heterocycles. The van der Waals surface area contributed by atoms with Gasteiger partial charge in [-0.15, -0.1) is 0 Å². The zero-order chi connectivity index (χ0) is 50.9. The standard InChI is InChI=1S/C16H29NO2.C13H25NO2S.2C12H23NO2S/c1-12(2)13-6-8-16(9-7-13)10-17(11-16)14(18)19-15(3,4)5;1-11(2)12-4-5-13(10-12)6-8-14(9-7-13)17(3,15)16;2*1-10(2)11-8-12(9-11)4-6-13(7-5-12)16(3,14)15/h12-13H,6-11H2,1-5H3;11-12H,4-10H2,1-3H3;2*10-11H,4-9H2,1-3H3. The van der Waals surface area contributed by atoms with Crippen molar-refractivity contribution in [2.75, 3.05) is 71.1 Å². The molecule has 4 saturated carbocycles. The Hall–Kier alpha value is -1.00. The highest BCUT2D eigenvalue weighted by Gasteiger charge is 2.50. The van der Waals surface area contributed by atoms with Crippen LogP contribution in [0.15, 0.2) is 0 Å². The molecule has 0 aromatic carbocycles. The van der Waals surface area contributed by atoms with Crippen molar-refractivity contribution in [1.29, 1.82) is 0 Å². The molecule has 1 unspecified atom stereocenters. The average molecular weight is 1020 g/mol. The van der Waals surface area contributed by atoms with E-state index in [1.807, 2.05) is 25.7 Å². The first-order chi connectivity index (χ1) is 31.2. The molecule has 1 amide bonds. The quantitative estimate of drug-likeness (QED) is 0.245. The van der Waals surface area contributed by atoms with Gasteiger partial charge in [-0.25, -0.2) is 43.0 Å². The third kappa shape index (κ3) is 15.5. The van der Waals surface area contributed by atoms with Crippen molar-refractivity contribution in [3.05, 3.63) is 0 Å². The Labute approximate surface area is 417 Å². The van der Waals surface area contributed by atoms with Crippen LogP contribution in [0.5, 0.6) is 0 Å². The van der Waals surface area contributed by atoms with Crippen molar-refractivity contribution in [2.45, 2.75) is 191 Å². The average Bonchev–Trinajstić information content (AvgIpc) is 3.60. The minimum Gasteiger partial charge on any atom is -0.444 e. The van der Waals surface area contributed by atoms with Crippen molar-refractivity contribution in [1.82, 2.24) is 17.8 Å². The van der Waals surface area contributed by atoms with E-state index in [0.717, 1.165) is 138 Å². The lowest BCUT2D eigenvalue weighted by Gasteiger charge is -2.53. The first-order valence-corrected chi connectivity index (χ1v) is 32.6. The molecule has 0 radical (unpaired) electrons. The van der Waals surface area contributed by atoms with Gasteiger partial charge in [0.2, 0.25) is 30.1 Å². The summed E-state index contributed by atoms with van der Waals surface area (Å²) in [6.07, 6.45) is 24.8. The molecule has 4 heterocycles. The lowest BCUT2D eigenvalue weighted by atomic mass is 9.55. The predicted octanol–water partition coefficient (Wildman–Crippen LogP) is 10.7. The van der Waals surface area contributed by atoms with Crippen LogP contribution in [0.4, 0.5) is 4.79 Å². The second-order valence-corrected chi connectivity index (χ2v) is 32.4. The molecule has 0 bridgehead atoms. The fourth-order valence-corrected chi connectivity index (χ4v) is 16.0. The topological polar surface area (TPSA) is 142 Å². The van der Waals surface area contributed by atoms with Gasteiger partial charge in [0.1, 0.15) is 5.60 Å². The molecular weight excluding hydrogens is 917 g/mol. The summed E-state index contributed by atoms with van der Waals surface area (Å²) in [4.78, 5) is 13.8. The Morgan fingerprint density at radius 1 is 0.441 bits per heavy atom. The number of sulfonamides is 3. The van der Waals surface area contributed by atoms with E-state index in [9.17, 15) is 30.0 Å². The highest BCUT2D eigenvalue weighted by molar-refractivity contribution is 7.88. The van der Waals surface area contributed by atoms with Crippen LogP contribution in [-0.4, -0.2) is 126 Å². The summed E-state index contributed by atoms with van der Waals surface area (Å²) in [6.45, 7) is 30.5. The maximum atomic E-state index is 11.9. The molecule has 4 aliphatic heterocycles. The Morgan fingerprint density at radius 2 is 0.721 bits per heavy atom. The summed E-state index contributed by atoms with van der Waals surface area (Å²) in [5.41, 5.74) is 1.50. The Balaban J connectivity index is 0.000000170. The van der Waals surface area contributed by atoms with Crippen LogP contribution < -0.4 is 0 Å². The Morgan fingerprint density at radius 3 is 1.00 bits per heavy atom. The molecule has 1 atom stereocenters. The number of hydrogen-bond acceptors (Lipinski definition) is 8. The summed E-state index contributed by atoms with van der Waals surface area (Å²) in [6, 6.07) is 0. The van der Waals surface area contributed by atoms with Gasteiger partial charge in [-0.1, -0.05) is 55.4 Å². The summed E-state index contributed by atoms with van der Waals surface area (Å²) >= 11 is 0. The fourth-order valence-electron chi connectivity index (χ4n) is 13.5. The van der Waals surface area contributed by atoms with E-state index in [0.29, 0.717) is 21.7 Å². The van der Waals surface area contributed by atoms with Crippen LogP contribution in [0.3, 0.4) is 0 Å². The third-order valence-electron chi connectivity index (χ3n) is 18.8. The van der Waals surface area contributed by atoms with E-state index in [1.165, 1.54) is 89.4 Å². The van der Waals surface area contributed by atoms with E-state index in [1.54, 1.807) is 12.9 Å². The lowest BCUT2D eigenvalue weighted by Crippen LogP contribution is -2.60. The molecule has 15 heteroatoms. The SMILES string of the molecule is CC(C)C1CC2(CCN(S(C)(=O)=O)CC2)C1.CC(C)C1CC2(CCN(S(C)(=O)=O)CC2)C1.CC(C)C1CCC2(CC1)CN(C(=O)OC(C)(C)C)C2.CC(C)C1CCC2(CCN(S(C)(=O)=O)CC2)C1. The molecule has 4 spiro atoms. The maximum absolute atomic E-state index is 11.9. The second-order valence-electron chi connectivity index (χ2n) is 26.5. The van der Waals surface area contributed by atoms with Crippen LogP contribution in [0, 0.1) is 69.0 Å².